The van der Waals surface area contributed by atoms with E-state index in [0.29, 0.717) is 17.2 Å². The zero-order valence-electron chi connectivity index (χ0n) is 20.9. The van der Waals surface area contributed by atoms with Crippen molar-refractivity contribution in [3.63, 3.8) is 0 Å². The van der Waals surface area contributed by atoms with Gasteiger partial charge in [0, 0.05) is 22.5 Å². The fourth-order valence-electron chi connectivity index (χ4n) is 3.34. The lowest BCUT2D eigenvalue weighted by Crippen LogP contribution is -2.26. The molecule has 8 heteroatoms. The molecule has 36 heavy (non-hydrogen) atoms. The maximum Gasteiger partial charge on any atom is 0.238 e. The lowest BCUT2D eigenvalue weighted by molar-refractivity contribution is -0.126. The van der Waals surface area contributed by atoms with Crippen molar-refractivity contribution < 1.29 is 14.3 Å². The average molecular weight is 530 g/mol. The molecule has 0 saturated carbocycles. The normalized spacial score (nSPS) is 15.8. The van der Waals surface area contributed by atoms with Gasteiger partial charge in [-0.1, -0.05) is 42.0 Å². The molecule has 0 radical (unpaired) electrons. The highest BCUT2D eigenvalue weighted by molar-refractivity contribution is 8.00. The van der Waals surface area contributed by atoms with Crippen molar-refractivity contribution in [3.05, 3.63) is 89.4 Å². The van der Waals surface area contributed by atoms with Gasteiger partial charge in [-0.25, -0.2) is 9.07 Å². The Labute approximate surface area is 223 Å². The van der Waals surface area contributed by atoms with Crippen LogP contribution in [0.25, 0.3) is 11.3 Å². The van der Waals surface area contributed by atoms with Gasteiger partial charge in [0.15, 0.2) is 0 Å². The first-order valence-corrected chi connectivity index (χ1v) is 12.7. The van der Waals surface area contributed by atoms with Crippen LogP contribution in [0.2, 0.25) is 5.02 Å². The molecule has 1 N–H and O–H groups in total. The van der Waals surface area contributed by atoms with E-state index in [-0.39, 0.29) is 17.9 Å². The number of thioether (sulfide) groups is 1. The van der Waals surface area contributed by atoms with Gasteiger partial charge < -0.3 is 5.11 Å². The number of terminal acetylenes is 1. The van der Waals surface area contributed by atoms with Crippen molar-refractivity contribution in [2.45, 2.75) is 32.6 Å². The Kier molecular flexibility index (Phi) is 14.3. The smallest absolute Gasteiger partial charge is 0.238 e. The molecule has 1 unspecified atom stereocenters. The molecule has 0 aliphatic carbocycles. The Balaban J connectivity index is 0.000000982. The van der Waals surface area contributed by atoms with Crippen molar-refractivity contribution in [1.29, 1.82) is 0 Å². The predicted octanol–water partition coefficient (Wildman–Crippen LogP) is 6.76. The first-order chi connectivity index (χ1) is 17.4. The van der Waals surface area contributed by atoms with Crippen LogP contribution in [0.5, 0.6) is 0 Å². The van der Waals surface area contributed by atoms with Crippen LogP contribution >= 0.6 is 23.4 Å². The Morgan fingerprint density at radius 3 is 2.44 bits per heavy atom. The summed E-state index contributed by atoms with van der Waals surface area (Å²) < 4.78 is 14.4. The van der Waals surface area contributed by atoms with E-state index >= 15 is 0 Å². The lowest BCUT2D eigenvalue weighted by Gasteiger charge is -2.24. The Bertz CT molecular complexity index is 1100. The van der Waals surface area contributed by atoms with Crippen molar-refractivity contribution in [2.24, 2.45) is 0 Å². The number of benzene rings is 1. The van der Waals surface area contributed by atoms with Crippen LogP contribution in [0.4, 0.5) is 4.39 Å². The molecule has 1 saturated heterocycles. The number of carbonyl (C=O) groups is 1. The topological polar surface area (TPSA) is 58.4 Å². The fourth-order valence-corrected chi connectivity index (χ4v) is 4.69. The highest BCUT2D eigenvalue weighted by Gasteiger charge is 2.36. The summed E-state index contributed by atoms with van der Waals surface area (Å²) in [5.74, 6) is 0.513. The molecular weight excluding hydrogens is 497 g/mol. The van der Waals surface area contributed by atoms with Gasteiger partial charge in [-0.15, -0.1) is 31.2 Å². The lowest BCUT2D eigenvalue weighted by atomic mass is 10.0. The zero-order valence-corrected chi connectivity index (χ0v) is 22.5. The molecule has 1 atom stereocenters. The van der Waals surface area contributed by atoms with Crippen LogP contribution in [0.15, 0.2) is 73.1 Å². The van der Waals surface area contributed by atoms with E-state index in [1.54, 1.807) is 11.8 Å². The molecule has 0 bridgehead atoms. The highest BCUT2D eigenvalue weighted by atomic mass is 35.5. The van der Waals surface area contributed by atoms with Crippen molar-refractivity contribution in [3.8, 4) is 18.5 Å². The van der Waals surface area contributed by atoms with Gasteiger partial charge in [-0.3, -0.25) is 9.69 Å². The predicted molar refractivity (Wildman–Crippen MR) is 151 cm³/mol. The van der Waals surface area contributed by atoms with Crippen LogP contribution in [0.3, 0.4) is 0 Å². The Hall–Kier alpha value is -3.05. The van der Waals surface area contributed by atoms with E-state index in [1.165, 1.54) is 12.2 Å². The molecular formula is C28H33ClFN3O2S. The third kappa shape index (κ3) is 8.27. The maximum absolute atomic E-state index is 12.6. The third-order valence-electron chi connectivity index (χ3n) is 5.14. The second kappa shape index (κ2) is 16.6. The Morgan fingerprint density at radius 1 is 1.28 bits per heavy atom. The Morgan fingerprint density at radius 2 is 1.92 bits per heavy atom. The van der Waals surface area contributed by atoms with Crippen LogP contribution in [-0.2, 0) is 4.79 Å². The number of hydrogen-bond acceptors (Lipinski definition) is 4. The first-order valence-electron chi connectivity index (χ1n) is 11.2. The number of aliphatic hydroxyl groups excluding tert-OH is 1. The highest BCUT2D eigenvalue weighted by Crippen LogP contribution is 2.44. The number of rotatable bonds is 8. The zero-order chi connectivity index (χ0) is 27.1. The SMILES string of the molecule is C#C.C/C=C(\C/C=C\CF)c1nn(-c2ccc(Cl)cc2)cc1C1SCC(=O)N1/C(C)=C/C.C=CCO. The van der Waals surface area contributed by atoms with Crippen LogP contribution in [0, 0.1) is 12.8 Å². The second-order valence-electron chi connectivity index (χ2n) is 7.33. The molecule has 5 nitrogen and oxygen atoms in total. The molecule has 1 aromatic carbocycles. The molecule has 2 aromatic rings. The maximum atomic E-state index is 12.6. The molecule has 1 fully saturated rings. The van der Waals surface area contributed by atoms with Gasteiger partial charge in [0.25, 0.3) is 0 Å². The molecule has 1 aliphatic rings. The number of nitrogens with zero attached hydrogens (tertiary/aromatic N) is 3. The summed E-state index contributed by atoms with van der Waals surface area (Å²) in [6.07, 6.45) is 19.2. The van der Waals surface area contributed by atoms with Gasteiger partial charge in [0.2, 0.25) is 5.91 Å². The minimum absolute atomic E-state index is 0.0833. The van der Waals surface area contributed by atoms with Crippen LogP contribution < -0.4 is 0 Å². The largest absolute Gasteiger partial charge is 0.392 e. The number of aliphatic hydroxyl groups is 1. The molecule has 0 spiro atoms. The van der Waals surface area contributed by atoms with Crippen molar-refractivity contribution >= 4 is 34.8 Å². The molecule has 1 amide bonds. The average Bonchev–Trinajstić information content (AvgIpc) is 3.51. The summed E-state index contributed by atoms with van der Waals surface area (Å²) in [5.41, 5.74) is 4.56. The van der Waals surface area contributed by atoms with E-state index in [4.69, 9.17) is 21.8 Å². The van der Waals surface area contributed by atoms with Crippen molar-refractivity contribution in [2.75, 3.05) is 19.0 Å². The number of amides is 1. The quantitative estimate of drug-likeness (QED) is 0.303. The number of alkyl halides is 1. The number of carbonyl (C=O) groups excluding carboxylic acids is 1. The van der Waals surface area contributed by atoms with Gasteiger partial charge in [-0.2, -0.15) is 5.10 Å². The first kappa shape index (κ1) is 31.0. The summed E-state index contributed by atoms with van der Waals surface area (Å²) in [5, 5.41) is 13.1. The molecule has 2 heterocycles. The summed E-state index contributed by atoms with van der Waals surface area (Å²) in [4.78, 5) is 14.4. The van der Waals surface area contributed by atoms with Gasteiger partial charge in [0.1, 0.15) is 12.0 Å². The van der Waals surface area contributed by atoms with E-state index in [2.05, 4.69) is 19.4 Å². The van der Waals surface area contributed by atoms with Gasteiger partial charge in [-0.05, 0) is 57.0 Å². The van der Waals surface area contributed by atoms with E-state index < -0.39 is 6.67 Å². The van der Waals surface area contributed by atoms with Crippen LogP contribution in [0.1, 0.15) is 43.8 Å². The summed E-state index contributed by atoms with van der Waals surface area (Å²) in [6.45, 7) is 8.64. The summed E-state index contributed by atoms with van der Waals surface area (Å²) in [7, 11) is 0. The minimum atomic E-state index is -0.496. The molecule has 1 aromatic heterocycles. The summed E-state index contributed by atoms with van der Waals surface area (Å²) >= 11 is 7.63. The van der Waals surface area contributed by atoms with E-state index in [0.717, 1.165) is 28.2 Å². The van der Waals surface area contributed by atoms with Gasteiger partial charge in [0.05, 0.1) is 23.7 Å². The monoisotopic (exact) mass is 529 g/mol. The number of hydrogen-bond donors (Lipinski definition) is 1. The van der Waals surface area contributed by atoms with E-state index in [1.807, 2.05) is 79.0 Å². The number of allylic oxidation sites excluding steroid dienone is 6. The second-order valence-corrected chi connectivity index (χ2v) is 8.83. The van der Waals surface area contributed by atoms with Crippen molar-refractivity contribution in [1.82, 2.24) is 14.7 Å². The minimum Gasteiger partial charge on any atom is -0.392 e. The molecule has 192 valence electrons. The summed E-state index contributed by atoms with van der Waals surface area (Å²) in [6, 6.07) is 7.46. The standard InChI is InChI=1S/C23H25ClFN3OS.C3H6O.C2H2/c1-4-16(3)28-21(29)15-30-23(28)20-14-27(19-11-9-18(24)10-12-19)26-22(20)17(5-2)8-6-7-13-25;1-2-3-4;1-2/h4-7,9-12,14,23H,8,13,15H2,1-3H3;2,4H,1,3H2;1-2H/b7-6-,16-4+,17-5+;;. The molecule has 1 aliphatic heterocycles. The molecule has 3 rings (SSSR count). The number of aromatic nitrogens is 2. The van der Waals surface area contributed by atoms with Crippen LogP contribution in [-0.4, -0.2) is 44.7 Å². The third-order valence-corrected chi connectivity index (χ3v) is 6.59. The fraction of sp³-hybridized carbons (Fsp3) is 0.286. The van der Waals surface area contributed by atoms with E-state index in [9.17, 15) is 9.18 Å². The van der Waals surface area contributed by atoms with Gasteiger partial charge >= 0.3 is 0 Å². The number of halogens is 2.